The van der Waals surface area contributed by atoms with E-state index in [9.17, 15) is 0 Å². The molecule has 2 aromatic carbocycles. The first-order valence-corrected chi connectivity index (χ1v) is 8.91. The Morgan fingerprint density at radius 3 is 2.58 bits per heavy atom. The smallest absolute Gasteiger partial charge is 0.247 e. The third-order valence-electron chi connectivity index (χ3n) is 4.24. The maximum Gasteiger partial charge on any atom is 0.247 e. The monoisotopic (exact) mass is 370 g/mol. The molecule has 0 bridgehead atoms. The van der Waals surface area contributed by atoms with Crippen LogP contribution >= 0.6 is 11.6 Å². The average Bonchev–Trinajstić information content (AvgIpc) is 3.17. The summed E-state index contributed by atoms with van der Waals surface area (Å²) in [4.78, 5) is 2.32. The number of anilines is 2. The molecule has 1 fully saturated rings. The lowest BCUT2D eigenvalue weighted by atomic mass is 10.2. The molecule has 0 spiro atoms. The Bertz CT molecular complexity index is 860. The van der Waals surface area contributed by atoms with Gasteiger partial charge in [-0.1, -0.05) is 23.7 Å². The summed E-state index contributed by atoms with van der Waals surface area (Å²) in [5, 5.41) is 12.3. The molecule has 26 heavy (non-hydrogen) atoms. The third-order valence-corrected chi connectivity index (χ3v) is 4.50. The molecule has 2 heterocycles. The maximum atomic E-state index is 5.91. The number of rotatable bonds is 5. The van der Waals surface area contributed by atoms with Crippen molar-refractivity contribution < 1.29 is 9.15 Å². The van der Waals surface area contributed by atoms with Gasteiger partial charge in [0.1, 0.15) is 0 Å². The van der Waals surface area contributed by atoms with Crippen LogP contribution in [-0.2, 0) is 11.3 Å². The highest BCUT2D eigenvalue weighted by molar-refractivity contribution is 6.30. The molecule has 0 aliphatic carbocycles. The molecule has 0 unspecified atom stereocenters. The van der Waals surface area contributed by atoms with Crippen LogP contribution in [0.3, 0.4) is 0 Å². The Morgan fingerprint density at radius 1 is 1.00 bits per heavy atom. The minimum atomic E-state index is 0.460. The van der Waals surface area contributed by atoms with Gasteiger partial charge in [-0.25, -0.2) is 0 Å². The van der Waals surface area contributed by atoms with Gasteiger partial charge >= 0.3 is 0 Å². The largest absolute Gasteiger partial charge is 0.419 e. The lowest BCUT2D eigenvalue weighted by Crippen LogP contribution is -2.36. The zero-order valence-electron chi connectivity index (χ0n) is 14.2. The van der Waals surface area contributed by atoms with E-state index in [2.05, 4.69) is 32.5 Å². The summed E-state index contributed by atoms with van der Waals surface area (Å²) >= 11 is 5.91. The molecule has 134 valence electrons. The van der Waals surface area contributed by atoms with E-state index in [4.69, 9.17) is 20.8 Å². The predicted molar refractivity (Wildman–Crippen MR) is 102 cm³/mol. The molecule has 3 aromatic rings. The van der Waals surface area contributed by atoms with E-state index in [1.165, 1.54) is 0 Å². The molecular formula is C19H19ClN4O2. The summed E-state index contributed by atoms with van der Waals surface area (Å²) in [7, 11) is 0. The Morgan fingerprint density at radius 2 is 1.77 bits per heavy atom. The van der Waals surface area contributed by atoms with E-state index in [0.29, 0.717) is 23.3 Å². The van der Waals surface area contributed by atoms with E-state index >= 15 is 0 Å². The number of nitrogens with one attached hydrogen (secondary N) is 1. The molecule has 7 heteroatoms. The van der Waals surface area contributed by atoms with Gasteiger partial charge in [-0.15, -0.1) is 10.2 Å². The maximum absolute atomic E-state index is 5.91. The summed E-state index contributed by atoms with van der Waals surface area (Å²) in [6.07, 6.45) is 0. The zero-order valence-corrected chi connectivity index (χ0v) is 14.9. The Balaban J connectivity index is 1.45. The summed E-state index contributed by atoms with van der Waals surface area (Å²) in [6.45, 7) is 3.74. The topological polar surface area (TPSA) is 63.4 Å². The molecule has 6 nitrogen and oxygen atoms in total. The van der Waals surface area contributed by atoms with E-state index < -0.39 is 0 Å². The second-order valence-electron chi connectivity index (χ2n) is 5.98. The van der Waals surface area contributed by atoms with Crippen LogP contribution in [0.2, 0.25) is 5.02 Å². The van der Waals surface area contributed by atoms with Gasteiger partial charge in [0.15, 0.2) is 0 Å². The highest BCUT2D eigenvalue weighted by atomic mass is 35.5. The summed E-state index contributed by atoms with van der Waals surface area (Å²) in [5.41, 5.74) is 3.05. The van der Waals surface area contributed by atoms with E-state index in [1.54, 1.807) is 12.1 Å². The first-order valence-electron chi connectivity index (χ1n) is 8.53. The number of hydrogen-bond donors (Lipinski definition) is 1. The SMILES string of the molecule is Clc1ccc(-c2nnc(CNc3ccccc3N3CCOCC3)o2)cc1. The van der Waals surface area contributed by atoms with E-state index in [1.807, 2.05) is 24.3 Å². The van der Waals surface area contributed by atoms with Gasteiger partial charge in [0.05, 0.1) is 31.1 Å². The molecule has 0 atom stereocenters. The first kappa shape index (κ1) is 16.9. The Labute approximate surface area is 156 Å². The molecule has 0 amide bonds. The van der Waals surface area contributed by atoms with Crippen LogP contribution in [0, 0.1) is 0 Å². The standard InChI is InChI=1S/C19H19ClN4O2/c20-15-7-5-14(6-8-15)19-23-22-18(26-19)13-21-16-3-1-2-4-17(16)24-9-11-25-12-10-24/h1-8,21H,9-13H2. The molecular weight excluding hydrogens is 352 g/mol. The summed E-state index contributed by atoms with van der Waals surface area (Å²) < 4.78 is 11.2. The average molecular weight is 371 g/mol. The molecule has 0 radical (unpaired) electrons. The number of nitrogens with zero attached hydrogens (tertiary/aromatic N) is 3. The van der Waals surface area contributed by atoms with Gasteiger partial charge in [0.25, 0.3) is 0 Å². The second kappa shape index (κ2) is 7.76. The molecule has 0 saturated carbocycles. The van der Waals surface area contributed by atoms with E-state index in [0.717, 1.165) is 43.2 Å². The number of hydrogen-bond acceptors (Lipinski definition) is 6. The lowest BCUT2D eigenvalue weighted by molar-refractivity contribution is 0.123. The van der Waals surface area contributed by atoms with Crippen molar-refractivity contribution in [3.05, 3.63) is 59.4 Å². The first-order chi connectivity index (χ1) is 12.8. The number of benzene rings is 2. The molecule has 1 aliphatic rings. The van der Waals surface area contributed by atoms with Crippen LogP contribution in [0.5, 0.6) is 0 Å². The third kappa shape index (κ3) is 3.81. The van der Waals surface area contributed by atoms with Crippen LogP contribution in [0.15, 0.2) is 52.9 Å². The van der Waals surface area contributed by atoms with Crippen molar-refractivity contribution in [2.75, 3.05) is 36.5 Å². The minimum Gasteiger partial charge on any atom is -0.419 e. The van der Waals surface area contributed by atoms with Crippen molar-refractivity contribution >= 4 is 23.0 Å². The fraction of sp³-hybridized carbons (Fsp3) is 0.263. The summed E-state index contributed by atoms with van der Waals surface area (Å²) in [6, 6.07) is 15.6. The van der Waals surface area contributed by atoms with Crippen molar-refractivity contribution in [2.45, 2.75) is 6.54 Å². The normalized spacial score (nSPS) is 14.4. The molecule has 1 N–H and O–H groups in total. The fourth-order valence-electron chi connectivity index (χ4n) is 2.91. The molecule has 1 aromatic heterocycles. The minimum absolute atomic E-state index is 0.460. The molecule has 1 saturated heterocycles. The lowest BCUT2D eigenvalue weighted by Gasteiger charge is -2.30. The van der Waals surface area contributed by atoms with Crippen molar-refractivity contribution in [3.63, 3.8) is 0 Å². The fourth-order valence-corrected chi connectivity index (χ4v) is 3.03. The zero-order chi connectivity index (χ0) is 17.8. The van der Waals surface area contributed by atoms with Crippen molar-refractivity contribution in [2.24, 2.45) is 0 Å². The highest BCUT2D eigenvalue weighted by Crippen LogP contribution is 2.27. The quantitative estimate of drug-likeness (QED) is 0.736. The second-order valence-corrected chi connectivity index (χ2v) is 6.41. The van der Waals surface area contributed by atoms with Gasteiger partial charge in [0, 0.05) is 23.7 Å². The Kier molecular flexibility index (Phi) is 5.04. The highest BCUT2D eigenvalue weighted by Gasteiger charge is 2.15. The van der Waals surface area contributed by atoms with Gasteiger partial charge in [-0.05, 0) is 36.4 Å². The molecule has 1 aliphatic heterocycles. The van der Waals surface area contributed by atoms with E-state index in [-0.39, 0.29) is 0 Å². The van der Waals surface area contributed by atoms with Gasteiger partial charge < -0.3 is 19.4 Å². The number of aromatic nitrogens is 2. The van der Waals surface area contributed by atoms with Crippen molar-refractivity contribution in [1.29, 1.82) is 0 Å². The summed E-state index contributed by atoms with van der Waals surface area (Å²) in [5.74, 6) is 1.02. The predicted octanol–water partition coefficient (Wildman–Crippen LogP) is 3.84. The van der Waals surface area contributed by atoms with Gasteiger partial charge in [0.2, 0.25) is 11.8 Å². The van der Waals surface area contributed by atoms with Gasteiger partial charge in [-0.2, -0.15) is 0 Å². The van der Waals surface area contributed by atoms with Crippen LogP contribution in [0.1, 0.15) is 5.89 Å². The van der Waals surface area contributed by atoms with Crippen LogP contribution in [0.4, 0.5) is 11.4 Å². The number of ether oxygens (including phenoxy) is 1. The van der Waals surface area contributed by atoms with Crippen LogP contribution < -0.4 is 10.2 Å². The van der Waals surface area contributed by atoms with Crippen LogP contribution in [-0.4, -0.2) is 36.5 Å². The number of para-hydroxylation sites is 2. The van der Waals surface area contributed by atoms with Crippen molar-refractivity contribution in [3.8, 4) is 11.5 Å². The Hall–Kier alpha value is -2.57. The van der Waals surface area contributed by atoms with Crippen molar-refractivity contribution in [1.82, 2.24) is 10.2 Å². The number of morpholine rings is 1. The van der Waals surface area contributed by atoms with Crippen LogP contribution in [0.25, 0.3) is 11.5 Å². The molecule has 4 rings (SSSR count). The van der Waals surface area contributed by atoms with Gasteiger partial charge in [-0.3, -0.25) is 0 Å². The number of halogens is 1.